The lowest BCUT2D eigenvalue weighted by Crippen LogP contribution is -2.67. The highest BCUT2D eigenvalue weighted by atomic mass is 35.5. The zero-order chi connectivity index (χ0) is 29.7. The summed E-state index contributed by atoms with van der Waals surface area (Å²) < 4.78 is 45.8. The van der Waals surface area contributed by atoms with Gasteiger partial charge in [0.15, 0.2) is 5.54 Å². The number of anilines is 1. The number of methoxy groups -OCH3 is 3. The Morgan fingerprint density at radius 1 is 1.05 bits per heavy atom. The Labute approximate surface area is 243 Å². The minimum atomic E-state index is -4.58. The van der Waals surface area contributed by atoms with Crippen molar-refractivity contribution in [2.45, 2.75) is 22.9 Å². The Balaban J connectivity index is 1.82. The third-order valence-electron chi connectivity index (χ3n) is 7.48. The van der Waals surface area contributed by atoms with E-state index in [1.807, 2.05) is 0 Å². The summed E-state index contributed by atoms with van der Waals surface area (Å²) in [6.45, 7) is 0.319. The molecule has 3 aromatic rings. The highest BCUT2D eigenvalue weighted by molar-refractivity contribution is 7.93. The molecule has 3 heterocycles. The summed E-state index contributed by atoms with van der Waals surface area (Å²) in [6.07, 6.45) is 1.97. The van der Waals surface area contributed by atoms with Crippen molar-refractivity contribution in [3.8, 4) is 17.4 Å². The van der Waals surface area contributed by atoms with Crippen LogP contribution >= 0.6 is 11.6 Å². The van der Waals surface area contributed by atoms with E-state index >= 15 is 0 Å². The molecule has 1 fully saturated rings. The van der Waals surface area contributed by atoms with E-state index in [-0.39, 0.29) is 44.3 Å². The van der Waals surface area contributed by atoms with Gasteiger partial charge in [0.25, 0.3) is 15.9 Å². The fourth-order valence-electron chi connectivity index (χ4n) is 5.54. The minimum absolute atomic E-state index is 0.00580. The number of hydrogen-bond acceptors (Lipinski definition) is 9. The molecule has 1 saturated heterocycles. The van der Waals surface area contributed by atoms with Crippen LogP contribution in [0, 0.1) is 0 Å². The zero-order valence-electron chi connectivity index (χ0n) is 23.1. The minimum Gasteiger partial charge on any atom is -0.497 e. The molecular formula is C28H29ClN4O7S. The number of hydrogen-bond donors (Lipinski definition) is 0. The second-order valence-corrected chi connectivity index (χ2v) is 11.9. The molecule has 0 aliphatic carbocycles. The molecule has 2 atom stereocenters. The standard InChI is InChI=1S/C28H29ClN4O7S/c1-31(2)26(34)22-12-14-32(22)28(19-7-6-13-30-25(19)40-5)20-15-17(29)8-10-21(20)33(27(28)35)41(36,37)24-11-9-18(38-3)16-23(24)39-4/h6-11,13,15-16,22H,12,14H2,1-5H3/t22?,28-/m1/s1. The molecule has 0 spiro atoms. The van der Waals surface area contributed by atoms with Crippen molar-refractivity contribution in [2.24, 2.45) is 0 Å². The molecule has 216 valence electrons. The third-order valence-corrected chi connectivity index (χ3v) is 9.45. The predicted molar refractivity (Wildman–Crippen MR) is 151 cm³/mol. The average Bonchev–Trinajstić information content (AvgIpc) is 3.20. The normalized spacial score (nSPS) is 20.3. The van der Waals surface area contributed by atoms with Crippen LogP contribution in [0.2, 0.25) is 5.02 Å². The molecule has 0 bridgehead atoms. The summed E-state index contributed by atoms with van der Waals surface area (Å²) in [4.78, 5) is 35.5. The molecule has 1 unspecified atom stereocenters. The molecule has 41 heavy (non-hydrogen) atoms. The largest absolute Gasteiger partial charge is 0.497 e. The smallest absolute Gasteiger partial charge is 0.274 e. The molecule has 13 heteroatoms. The summed E-state index contributed by atoms with van der Waals surface area (Å²) in [6, 6.07) is 11.3. The Hall–Kier alpha value is -3.87. The van der Waals surface area contributed by atoms with Crippen molar-refractivity contribution in [1.29, 1.82) is 0 Å². The number of benzene rings is 2. The number of amides is 2. The first-order valence-corrected chi connectivity index (χ1v) is 14.4. The number of carbonyl (C=O) groups excluding carboxylic acids is 2. The second kappa shape index (κ2) is 10.5. The topological polar surface area (TPSA) is 119 Å². The van der Waals surface area contributed by atoms with Gasteiger partial charge in [-0.3, -0.25) is 14.5 Å². The highest BCUT2D eigenvalue weighted by Crippen LogP contribution is 2.55. The molecule has 2 amide bonds. The van der Waals surface area contributed by atoms with E-state index in [2.05, 4.69) is 4.98 Å². The Morgan fingerprint density at radius 3 is 2.41 bits per heavy atom. The van der Waals surface area contributed by atoms with Gasteiger partial charge in [0.2, 0.25) is 11.8 Å². The predicted octanol–water partition coefficient (Wildman–Crippen LogP) is 2.90. The molecule has 2 aromatic carbocycles. The van der Waals surface area contributed by atoms with Crippen LogP contribution in [0.1, 0.15) is 17.5 Å². The maximum atomic E-state index is 15.0. The van der Waals surface area contributed by atoms with Gasteiger partial charge in [-0.2, -0.15) is 0 Å². The van der Waals surface area contributed by atoms with Crippen LogP contribution in [0.3, 0.4) is 0 Å². The van der Waals surface area contributed by atoms with Crippen molar-refractivity contribution < 1.29 is 32.2 Å². The summed E-state index contributed by atoms with van der Waals surface area (Å²) in [5.74, 6) is -0.575. The SMILES string of the molecule is COc1ccc(S(=O)(=O)N2C(=O)[C@](c3cccnc3OC)(N3CCC3C(=O)N(C)C)c3cc(Cl)ccc32)c(OC)c1. The van der Waals surface area contributed by atoms with Gasteiger partial charge in [-0.05, 0) is 48.9 Å². The van der Waals surface area contributed by atoms with Crippen molar-refractivity contribution in [3.63, 3.8) is 0 Å². The third kappa shape index (κ3) is 4.20. The number of pyridine rings is 1. The fourth-order valence-corrected chi connectivity index (χ4v) is 7.31. The van der Waals surface area contributed by atoms with Crippen LogP contribution in [-0.2, 0) is 25.2 Å². The Kier molecular flexibility index (Phi) is 7.35. The molecule has 2 aliphatic heterocycles. The lowest BCUT2D eigenvalue weighted by molar-refractivity contribution is -0.148. The lowest BCUT2D eigenvalue weighted by atomic mass is 9.78. The molecule has 0 N–H and O–H groups in total. The van der Waals surface area contributed by atoms with Crippen molar-refractivity contribution in [3.05, 3.63) is 70.9 Å². The Morgan fingerprint density at radius 2 is 1.80 bits per heavy atom. The van der Waals surface area contributed by atoms with Gasteiger partial charge in [0.05, 0.1) is 33.1 Å². The number of carbonyl (C=O) groups is 2. The van der Waals surface area contributed by atoms with Crippen LogP contribution in [-0.4, -0.2) is 83.0 Å². The van der Waals surface area contributed by atoms with Gasteiger partial charge < -0.3 is 19.1 Å². The number of sulfonamides is 1. The average molecular weight is 601 g/mol. The molecule has 5 rings (SSSR count). The van der Waals surface area contributed by atoms with E-state index in [9.17, 15) is 18.0 Å². The van der Waals surface area contributed by atoms with E-state index < -0.39 is 27.5 Å². The number of halogens is 1. The van der Waals surface area contributed by atoms with Gasteiger partial charge in [-0.25, -0.2) is 17.7 Å². The number of ether oxygens (including phenoxy) is 3. The number of fused-ring (bicyclic) bond motifs is 1. The van der Waals surface area contributed by atoms with Gasteiger partial charge in [0.1, 0.15) is 16.4 Å². The van der Waals surface area contributed by atoms with Crippen LogP contribution in [0.25, 0.3) is 0 Å². The summed E-state index contributed by atoms with van der Waals surface area (Å²) in [5, 5.41) is 0.279. The highest BCUT2D eigenvalue weighted by Gasteiger charge is 2.64. The van der Waals surface area contributed by atoms with Gasteiger partial charge >= 0.3 is 0 Å². The number of rotatable bonds is 8. The number of aromatic nitrogens is 1. The number of nitrogens with zero attached hydrogens (tertiary/aromatic N) is 4. The monoisotopic (exact) mass is 600 g/mol. The first-order valence-electron chi connectivity index (χ1n) is 12.6. The zero-order valence-corrected chi connectivity index (χ0v) is 24.7. The van der Waals surface area contributed by atoms with E-state index in [1.54, 1.807) is 37.2 Å². The second-order valence-electron chi connectivity index (χ2n) is 9.75. The molecule has 11 nitrogen and oxygen atoms in total. The molecule has 0 radical (unpaired) electrons. The van der Waals surface area contributed by atoms with Crippen molar-refractivity contribution >= 4 is 39.1 Å². The molecule has 2 aliphatic rings. The van der Waals surface area contributed by atoms with E-state index in [0.717, 1.165) is 4.31 Å². The first-order chi connectivity index (χ1) is 19.5. The maximum absolute atomic E-state index is 15.0. The van der Waals surface area contributed by atoms with E-state index in [0.29, 0.717) is 18.7 Å². The molecule has 1 aromatic heterocycles. The van der Waals surface area contributed by atoms with Gasteiger partial charge in [-0.15, -0.1) is 0 Å². The maximum Gasteiger partial charge on any atom is 0.274 e. The quantitative estimate of drug-likeness (QED) is 0.384. The van der Waals surface area contributed by atoms with Crippen LogP contribution in [0.15, 0.2) is 59.6 Å². The van der Waals surface area contributed by atoms with E-state index in [1.165, 1.54) is 62.8 Å². The fraction of sp³-hybridized carbons (Fsp3) is 0.321. The Bertz CT molecular complexity index is 1650. The van der Waals surface area contributed by atoms with Crippen LogP contribution < -0.4 is 18.5 Å². The summed E-state index contributed by atoms with van der Waals surface area (Å²) in [5.41, 5.74) is -1.15. The van der Waals surface area contributed by atoms with Crippen molar-refractivity contribution in [2.75, 3.05) is 46.3 Å². The molecular weight excluding hydrogens is 572 g/mol. The van der Waals surface area contributed by atoms with Crippen LogP contribution in [0.5, 0.6) is 17.4 Å². The summed E-state index contributed by atoms with van der Waals surface area (Å²) >= 11 is 6.48. The number of likely N-dealkylation sites (tertiary alicyclic amines) is 1. The van der Waals surface area contributed by atoms with Gasteiger partial charge in [-0.1, -0.05) is 11.6 Å². The summed E-state index contributed by atoms with van der Waals surface area (Å²) in [7, 11) is 2.87. The lowest BCUT2D eigenvalue weighted by Gasteiger charge is -2.51. The van der Waals surface area contributed by atoms with Crippen molar-refractivity contribution in [1.82, 2.24) is 14.8 Å². The molecule has 0 saturated carbocycles. The van der Waals surface area contributed by atoms with Gasteiger partial charge in [0, 0.05) is 49.1 Å². The number of likely N-dealkylation sites (N-methyl/N-ethyl adjacent to an activating group) is 1. The first kappa shape index (κ1) is 28.7. The van der Waals surface area contributed by atoms with Crippen LogP contribution in [0.4, 0.5) is 5.69 Å². The van der Waals surface area contributed by atoms with E-state index in [4.69, 9.17) is 25.8 Å².